The maximum absolute atomic E-state index is 9.56. The Balaban J connectivity index is -0.000000360. The van der Waals surface area contributed by atoms with Crippen molar-refractivity contribution in [1.82, 2.24) is 5.32 Å². The fraction of sp³-hybridized carbons (Fsp3) is 0.980. The molecular formula is C49H105NO7. The van der Waals surface area contributed by atoms with Crippen LogP contribution in [0.1, 0.15) is 224 Å². The van der Waals surface area contributed by atoms with Crippen molar-refractivity contribution in [3.05, 3.63) is 0 Å². The first-order valence-corrected chi connectivity index (χ1v) is 23.8. The zero-order valence-electron chi connectivity index (χ0n) is 40.7. The predicted molar refractivity (Wildman–Crippen MR) is 247 cm³/mol. The highest BCUT2D eigenvalue weighted by Gasteiger charge is 2.28. The standard InChI is InChI=1S/C19H41NO2.C18H38O.C6H14O2.C6H12O2/c1-3-5-14-20-15-11-9-7-6-8-10-12-17-22-19-13-18-21-16-4-2;1-6-7-8-9-10-13-17(2,3)16-18(4,5)14-11-12-15-19;1-6(2,8-3)4-5-7;1-6(2)3-4-8-5-7/h20H,3-19H2,1-2H3;19H,6-16H2,1-5H3;7H,4-5H2,1-3H3;5-6H,3-4H2,1-2H3. The second-order valence-electron chi connectivity index (χ2n) is 18.6. The number of ether oxygens (including phenoxy) is 4. The van der Waals surface area contributed by atoms with Crippen LogP contribution >= 0.6 is 0 Å². The van der Waals surface area contributed by atoms with E-state index in [4.69, 9.17) is 24.4 Å². The molecule has 8 nitrogen and oxygen atoms in total. The van der Waals surface area contributed by atoms with Crippen LogP contribution in [0.15, 0.2) is 0 Å². The molecule has 348 valence electrons. The van der Waals surface area contributed by atoms with E-state index >= 15 is 0 Å². The number of unbranched alkanes of at least 4 members (excludes halogenated alkanes) is 12. The summed E-state index contributed by atoms with van der Waals surface area (Å²) in [4.78, 5) is 9.56. The number of rotatable bonds is 38. The molecule has 0 aliphatic rings. The Morgan fingerprint density at radius 3 is 1.53 bits per heavy atom. The van der Waals surface area contributed by atoms with Crippen LogP contribution < -0.4 is 5.32 Å². The van der Waals surface area contributed by atoms with Crippen LogP contribution in [0, 0.1) is 16.7 Å². The molecule has 0 aliphatic heterocycles. The molecule has 0 heterocycles. The molecule has 0 amide bonds. The highest BCUT2D eigenvalue weighted by Crippen LogP contribution is 2.40. The summed E-state index contributed by atoms with van der Waals surface area (Å²) in [5.74, 6) is 0.620. The molecule has 0 bridgehead atoms. The van der Waals surface area contributed by atoms with Crippen molar-refractivity contribution in [2.75, 3.05) is 66.4 Å². The van der Waals surface area contributed by atoms with E-state index in [1.807, 2.05) is 13.8 Å². The molecule has 0 aromatic rings. The second-order valence-corrected chi connectivity index (χ2v) is 18.6. The van der Waals surface area contributed by atoms with Crippen LogP contribution in [-0.2, 0) is 23.7 Å². The van der Waals surface area contributed by atoms with Crippen LogP contribution in [0.2, 0.25) is 0 Å². The van der Waals surface area contributed by atoms with Gasteiger partial charge in [-0.1, -0.05) is 139 Å². The minimum absolute atomic E-state index is 0.158. The average molecular weight is 820 g/mol. The Morgan fingerprint density at radius 2 is 1.04 bits per heavy atom. The second kappa shape index (κ2) is 47.9. The first kappa shape index (κ1) is 62.9. The van der Waals surface area contributed by atoms with Crippen molar-refractivity contribution < 1.29 is 34.0 Å². The Morgan fingerprint density at radius 1 is 0.544 bits per heavy atom. The summed E-state index contributed by atoms with van der Waals surface area (Å²) in [6.45, 7) is 31.9. The highest BCUT2D eigenvalue weighted by molar-refractivity contribution is 5.36. The van der Waals surface area contributed by atoms with Gasteiger partial charge in [0.15, 0.2) is 0 Å². The summed E-state index contributed by atoms with van der Waals surface area (Å²) in [5, 5.41) is 20.8. The maximum Gasteiger partial charge on any atom is 0.293 e. The van der Waals surface area contributed by atoms with E-state index in [2.05, 4.69) is 72.4 Å². The SMILES string of the molecule is CC(C)CCOC=O.CCCCCCCC(C)(C)CC(C)(C)CCCCO.CCCCNCCCCCCCCCOCCCOCCC.COC(C)(C)CCO. The van der Waals surface area contributed by atoms with Crippen LogP contribution in [0.3, 0.4) is 0 Å². The van der Waals surface area contributed by atoms with Crippen molar-refractivity contribution in [3.8, 4) is 0 Å². The molecule has 0 aromatic carbocycles. The summed E-state index contributed by atoms with van der Waals surface area (Å²) in [6, 6.07) is 0. The molecule has 0 aliphatic carbocycles. The van der Waals surface area contributed by atoms with Gasteiger partial charge < -0.3 is 34.5 Å². The number of hydrogen-bond donors (Lipinski definition) is 3. The normalized spacial score (nSPS) is 11.6. The highest BCUT2D eigenvalue weighted by atomic mass is 16.5. The quantitative estimate of drug-likeness (QED) is 0.0418. The minimum atomic E-state index is -0.158. The molecule has 57 heavy (non-hydrogen) atoms. The van der Waals surface area contributed by atoms with Gasteiger partial charge >= 0.3 is 0 Å². The molecule has 0 radical (unpaired) electrons. The minimum Gasteiger partial charge on any atom is -0.468 e. The van der Waals surface area contributed by atoms with Gasteiger partial charge in [0.2, 0.25) is 0 Å². The van der Waals surface area contributed by atoms with Crippen molar-refractivity contribution >= 4 is 6.47 Å². The lowest BCUT2D eigenvalue weighted by Gasteiger charge is -2.35. The van der Waals surface area contributed by atoms with Gasteiger partial charge in [0, 0.05) is 46.8 Å². The van der Waals surface area contributed by atoms with Gasteiger partial charge in [0.1, 0.15) is 0 Å². The van der Waals surface area contributed by atoms with Crippen molar-refractivity contribution in [3.63, 3.8) is 0 Å². The average Bonchev–Trinajstić information content (AvgIpc) is 3.14. The van der Waals surface area contributed by atoms with Crippen molar-refractivity contribution in [2.45, 2.75) is 229 Å². The number of hydrogen-bond acceptors (Lipinski definition) is 8. The molecule has 0 rings (SSSR count). The van der Waals surface area contributed by atoms with Gasteiger partial charge in [0.05, 0.1) is 12.2 Å². The van der Waals surface area contributed by atoms with Crippen molar-refractivity contribution in [2.24, 2.45) is 16.7 Å². The Hall–Kier alpha value is -0.770. The Labute approximate surface area is 357 Å². The number of nitrogens with one attached hydrogen (secondary N) is 1. The third-order valence-electron chi connectivity index (χ3n) is 10.1. The summed E-state index contributed by atoms with van der Waals surface area (Å²) in [5.41, 5.74) is 0.728. The third-order valence-corrected chi connectivity index (χ3v) is 10.1. The van der Waals surface area contributed by atoms with Gasteiger partial charge in [-0.2, -0.15) is 0 Å². The van der Waals surface area contributed by atoms with Gasteiger partial charge in [-0.25, -0.2) is 0 Å². The molecule has 3 N–H and O–H groups in total. The summed E-state index contributed by atoms with van der Waals surface area (Å²) >= 11 is 0. The number of carbonyl (C=O) groups is 1. The Bertz CT molecular complexity index is 725. The zero-order valence-corrected chi connectivity index (χ0v) is 40.7. The number of aliphatic hydroxyl groups excluding tert-OH is 2. The van der Waals surface area contributed by atoms with E-state index in [0.29, 0.717) is 42.9 Å². The smallest absolute Gasteiger partial charge is 0.293 e. The van der Waals surface area contributed by atoms with E-state index in [0.717, 1.165) is 58.5 Å². The monoisotopic (exact) mass is 820 g/mol. The molecule has 0 fully saturated rings. The fourth-order valence-electron chi connectivity index (χ4n) is 6.49. The summed E-state index contributed by atoms with van der Waals surface area (Å²) < 4.78 is 20.5. The number of carbonyl (C=O) groups excluding carboxylic acids is 1. The zero-order chi connectivity index (χ0) is 43.9. The van der Waals surface area contributed by atoms with E-state index in [-0.39, 0.29) is 12.2 Å². The van der Waals surface area contributed by atoms with Crippen LogP contribution in [0.4, 0.5) is 0 Å². The largest absolute Gasteiger partial charge is 0.468 e. The number of aliphatic hydroxyl groups is 2. The first-order valence-electron chi connectivity index (χ1n) is 23.8. The summed E-state index contributed by atoms with van der Waals surface area (Å²) in [7, 11) is 1.65. The lowest BCUT2D eigenvalue weighted by atomic mass is 9.70. The Kier molecular flexibility index (Phi) is 52.8. The van der Waals surface area contributed by atoms with E-state index in [1.165, 1.54) is 122 Å². The maximum atomic E-state index is 9.56. The van der Waals surface area contributed by atoms with Gasteiger partial charge in [-0.05, 0) is 114 Å². The lowest BCUT2D eigenvalue weighted by Crippen LogP contribution is -2.23. The molecule has 0 unspecified atom stereocenters. The third kappa shape index (κ3) is 62.0. The van der Waals surface area contributed by atoms with Crippen LogP contribution in [0.25, 0.3) is 0 Å². The molecule has 0 saturated carbocycles. The lowest BCUT2D eigenvalue weighted by molar-refractivity contribution is -0.128. The molecular weight excluding hydrogens is 715 g/mol. The predicted octanol–water partition coefficient (Wildman–Crippen LogP) is 12.9. The molecule has 0 spiro atoms. The molecule has 0 atom stereocenters. The van der Waals surface area contributed by atoms with E-state index in [9.17, 15) is 4.79 Å². The van der Waals surface area contributed by atoms with Crippen molar-refractivity contribution in [1.29, 1.82) is 0 Å². The van der Waals surface area contributed by atoms with Gasteiger partial charge in [0.25, 0.3) is 6.47 Å². The molecule has 0 saturated heterocycles. The van der Waals surface area contributed by atoms with Gasteiger partial charge in [-0.15, -0.1) is 0 Å². The molecule has 0 aromatic heterocycles. The van der Waals surface area contributed by atoms with Crippen LogP contribution in [0.5, 0.6) is 0 Å². The summed E-state index contributed by atoms with van der Waals surface area (Å²) in [6.07, 6.45) is 28.8. The van der Waals surface area contributed by atoms with Gasteiger partial charge in [-0.3, -0.25) is 4.79 Å². The molecule has 8 heteroatoms. The first-order chi connectivity index (χ1) is 27.1. The van der Waals surface area contributed by atoms with E-state index in [1.54, 1.807) is 7.11 Å². The fourth-order valence-corrected chi connectivity index (χ4v) is 6.49. The topological polar surface area (TPSA) is 106 Å². The van der Waals surface area contributed by atoms with Crippen LogP contribution in [-0.4, -0.2) is 88.7 Å². The van der Waals surface area contributed by atoms with E-state index < -0.39 is 0 Å². The number of methoxy groups -OCH3 is 1.